The molecule has 136 valence electrons. The fourth-order valence-electron chi connectivity index (χ4n) is 2.47. The molecule has 0 saturated heterocycles. The Labute approximate surface area is 147 Å². The molecule has 0 spiro atoms. The number of furan rings is 1. The van der Waals surface area contributed by atoms with Crippen LogP contribution >= 0.6 is 0 Å². The monoisotopic (exact) mass is 346 g/mol. The minimum absolute atomic E-state index is 0.0339. The summed E-state index contributed by atoms with van der Waals surface area (Å²) < 4.78 is 5.44. The molecule has 2 aromatic heterocycles. The summed E-state index contributed by atoms with van der Waals surface area (Å²) in [5.74, 6) is 1.69. The largest absolute Gasteiger partial charge is 0.466 e. The molecule has 7 heteroatoms. The second-order valence-electron chi connectivity index (χ2n) is 7.46. The summed E-state index contributed by atoms with van der Waals surface area (Å²) in [5, 5.41) is 24.0. The predicted octanol–water partition coefficient (Wildman–Crippen LogP) is 3.01. The van der Waals surface area contributed by atoms with E-state index in [9.17, 15) is 9.90 Å². The summed E-state index contributed by atoms with van der Waals surface area (Å²) in [6.07, 6.45) is 0. The zero-order valence-electron chi connectivity index (χ0n) is 15.6. The Kier molecular flexibility index (Phi) is 5.17. The van der Waals surface area contributed by atoms with Crippen LogP contribution in [0.25, 0.3) is 0 Å². The first-order chi connectivity index (χ1) is 11.5. The molecule has 1 unspecified atom stereocenters. The molecule has 0 aliphatic carbocycles. The van der Waals surface area contributed by atoms with Gasteiger partial charge in [0.1, 0.15) is 17.1 Å². The Morgan fingerprint density at radius 2 is 1.88 bits per heavy atom. The standard InChI is InChI=1S/C18H26N4O3/c1-11-9-13(12(2)25-11)18(6,24)10-19-16(23)20-15-8-7-14(21-22-15)17(3,4)5/h7-9,24H,10H2,1-6H3,(H2,19,20,22,23). The maximum absolute atomic E-state index is 12.0. The zero-order chi connectivity index (χ0) is 18.8. The third-order valence-corrected chi connectivity index (χ3v) is 3.89. The van der Waals surface area contributed by atoms with Gasteiger partial charge in [0.05, 0.1) is 12.2 Å². The van der Waals surface area contributed by atoms with E-state index in [1.807, 2.05) is 33.8 Å². The molecule has 2 aromatic rings. The van der Waals surface area contributed by atoms with Crippen LogP contribution in [-0.4, -0.2) is 27.9 Å². The minimum Gasteiger partial charge on any atom is -0.466 e. The highest BCUT2D eigenvalue weighted by atomic mass is 16.3. The van der Waals surface area contributed by atoms with Gasteiger partial charge in [0.25, 0.3) is 0 Å². The molecule has 0 aliphatic heterocycles. The molecular formula is C18H26N4O3. The number of aryl methyl sites for hydroxylation is 2. The van der Waals surface area contributed by atoms with E-state index in [-0.39, 0.29) is 12.0 Å². The lowest BCUT2D eigenvalue weighted by Crippen LogP contribution is -2.40. The van der Waals surface area contributed by atoms with Gasteiger partial charge in [-0.2, -0.15) is 5.10 Å². The van der Waals surface area contributed by atoms with E-state index in [0.717, 1.165) is 5.69 Å². The highest BCUT2D eigenvalue weighted by Gasteiger charge is 2.28. The number of aliphatic hydroxyl groups is 1. The maximum atomic E-state index is 12.0. The second-order valence-corrected chi connectivity index (χ2v) is 7.46. The number of anilines is 1. The molecule has 3 N–H and O–H groups in total. The molecule has 0 fully saturated rings. The summed E-state index contributed by atoms with van der Waals surface area (Å²) in [6.45, 7) is 11.4. The van der Waals surface area contributed by atoms with Crippen LogP contribution in [0.1, 0.15) is 50.5 Å². The van der Waals surface area contributed by atoms with Gasteiger partial charge in [0, 0.05) is 11.0 Å². The minimum atomic E-state index is -1.24. The third kappa shape index (κ3) is 4.79. The molecule has 0 aliphatic rings. The molecule has 2 heterocycles. The second kappa shape index (κ2) is 6.84. The topological polar surface area (TPSA) is 100 Å². The van der Waals surface area contributed by atoms with Crippen LogP contribution in [0.2, 0.25) is 0 Å². The number of carbonyl (C=O) groups excluding carboxylic acids is 1. The van der Waals surface area contributed by atoms with Gasteiger partial charge < -0.3 is 14.8 Å². The van der Waals surface area contributed by atoms with Crippen LogP contribution < -0.4 is 10.6 Å². The fraction of sp³-hybridized carbons (Fsp3) is 0.500. The Morgan fingerprint density at radius 1 is 1.20 bits per heavy atom. The Balaban J connectivity index is 1.95. The van der Waals surface area contributed by atoms with Gasteiger partial charge in [0.2, 0.25) is 0 Å². The highest BCUT2D eigenvalue weighted by molar-refractivity contribution is 5.88. The van der Waals surface area contributed by atoms with E-state index in [1.54, 1.807) is 26.0 Å². The third-order valence-electron chi connectivity index (χ3n) is 3.89. The van der Waals surface area contributed by atoms with Crippen molar-refractivity contribution in [2.24, 2.45) is 0 Å². The number of nitrogens with zero attached hydrogens (tertiary/aromatic N) is 2. The molecule has 0 saturated carbocycles. The average Bonchev–Trinajstić information content (AvgIpc) is 2.84. The molecule has 0 bridgehead atoms. The number of carbonyl (C=O) groups is 1. The number of urea groups is 1. The number of hydrogen-bond acceptors (Lipinski definition) is 5. The van der Waals surface area contributed by atoms with E-state index in [4.69, 9.17) is 4.42 Å². The zero-order valence-corrected chi connectivity index (χ0v) is 15.6. The van der Waals surface area contributed by atoms with Gasteiger partial charge in [-0.3, -0.25) is 5.32 Å². The maximum Gasteiger partial charge on any atom is 0.320 e. The van der Waals surface area contributed by atoms with Crippen molar-refractivity contribution >= 4 is 11.8 Å². The lowest BCUT2D eigenvalue weighted by Gasteiger charge is -2.23. The first kappa shape index (κ1) is 18.9. The SMILES string of the molecule is Cc1cc(C(C)(O)CNC(=O)Nc2ccc(C(C)(C)C)nn2)c(C)o1. The summed E-state index contributed by atoms with van der Waals surface area (Å²) in [5.41, 5.74) is 0.153. The molecule has 2 rings (SSSR count). The molecule has 2 amide bonds. The molecule has 25 heavy (non-hydrogen) atoms. The van der Waals surface area contributed by atoms with Gasteiger partial charge in [-0.05, 0) is 39.0 Å². The van der Waals surface area contributed by atoms with Crippen LogP contribution in [0.5, 0.6) is 0 Å². The van der Waals surface area contributed by atoms with Gasteiger partial charge >= 0.3 is 6.03 Å². The van der Waals surface area contributed by atoms with E-state index in [0.29, 0.717) is 22.9 Å². The number of aromatic nitrogens is 2. The van der Waals surface area contributed by atoms with Crippen molar-refractivity contribution in [3.8, 4) is 0 Å². The lowest BCUT2D eigenvalue weighted by atomic mass is 9.92. The van der Waals surface area contributed by atoms with Crippen molar-refractivity contribution in [2.45, 2.75) is 52.6 Å². The van der Waals surface area contributed by atoms with E-state index in [1.165, 1.54) is 0 Å². The first-order valence-electron chi connectivity index (χ1n) is 8.18. The van der Waals surface area contributed by atoms with Crippen molar-refractivity contribution < 1.29 is 14.3 Å². The van der Waals surface area contributed by atoms with E-state index < -0.39 is 11.6 Å². The Hall–Kier alpha value is -2.41. The fourth-order valence-corrected chi connectivity index (χ4v) is 2.47. The van der Waals surface area contributed by atoms with E-state index in [2.05, 4.69) is 20.8 Å². The smallest absolute Gasteiger partial charge is 0.320 e. The lowest BCUT2D eigenvalue weighted by molar-refractivity contribution is 0.0584. The summed E-state index contributed by atoms with van der Waals surface area (Å²) >= 11 is 0. The van der Waals surface area contributed by atoms with Crippen LogP contribution in [-0.2, 0) is 11.0 Å². The van der Waals surface area contributed by atoms with E-state index >= 15 is 0 Å². The predicted molar refractivity (Wildman–Crippen MR) is 95.5 cm³/mol. The summed E-state index contributed by atoms with van der Waals surface area (Å²) in [7, 11) is 0. The normalized spacial score (nSPS) is 14.0. The van der Waals surface area contributed by atoms with Crippen molar-refractivity contribution in [3.63, 3.8) is 0 Å². The Bertz CT molecular complexity index is 743. The highest BCUT2D eigenvalue weighted by Crippen LogP contribution is 2.26. The number of nitrogens with one attached hydrogen (secondary N) is 2. The van der Waals surface area contributed by atoms with Crippen LogP contribution in [0.4, 0.5) is 10.6 Å². The van der Waals surface area contributed by atoms with Gasteiger partial charge in [-0.1, -0.05) is 20.8 Å². The van der Waals surface area contributed by atoms with Crippen molar-refractivity contribution in [1.82, 2.24) is 15.5 Å². The van der Waals surface area contributed by atoms with Crippen molar-refractivity contribution in [2.75, 3.05) is 11.9 Å². The molecule has 1 atom stereocenters. The van der Waals surface area contributed by atoms with Crippen molar-refractivity contribution in [3.05, 3.63) is 41.0 Å². The Morgan fingerprint density at radius 3 is 2.36 bits per heavy atom. The van der Waals surface area contributed by atoms with Crippen LogP contribution in [0.15, 0.2) is 22.6 Å². The number of rotatable bonds is 4. The van der Waals surface area contributed by atoms with Gasteiger partial charge in [-0.25, -0.2) is 4.79 Å². The average molecular weight is 346 g/mol. The van der Waals surface area contributed by atoms with Crippen molar-refractivity contribution in [1.29, 1.82) is 0 Å². The van der Waals surface area contributed by atoms with Crippen LogP contribution in [0.3, 0.4) is 0 Å². The van der Waals surface area contributed by atoms with Gasteiger partial charge in [0.15, 0.2) is 5.82 Å². The first-order valence-corrected chi connectivity index (χ1v) is 8.18. The molecule has 0 aromatic carbocycles. The summed E-state index contributed by atoms with van der Waals surface area (Å²) in [6, 6.07) is 4.84. The number of hydrogen-bond donors (Lipinski definition) is 3. The summed E-state index contributed by atoms with van der Waals surface area (Å²) in [4.78, 5) is 12.0. The molecule has 7 nitrogen and oxygen atoms in total. The number of amides is 2. The van der Waals surface area contributed by atoms with Crippen LogP contribution in [0, 0.1) is 13.8 Å². The van der Waals surface area contributed by atoms with Gasteiger partial charge in [-0.15, -0.1) is 5.10 Å². The molecule has 0 radical (unpaired) electrons. The molecular weight excluding hydrogens is 320 g/mol. The quantitative estimate of drug-likeness (QED) is 0.790.